The molecule has 0 radical (unpaired) electrons. The minimum atomic E-state index is -0.178. The van der Waals surface area contributed by atoms with Crippen LogP contribution in [0.25, 0.3) is 11.4 Å². The summed E-state index contributed by atoms with van der Waals surface area (Å²) in [6.07, 6.45) is 1.74. The molecule has 0 saturated heterocycles. The summed E-state index contributed by atoms with van der Waals surface area (Å²) in [5.41, 5.74) is 3.66. The lowest BCUT2D eigenvalue weighted by Crippen LogP contribution is -2.33. The van der Waals surface area contributed by atoms with Gasteiger partial charge in [-0.25, -0.2) is 14.8 Å². The molecule has 28 heavy (non-hydrogen) atoms. The van der Waals surface area contributed by atoms with Crippen molar-refractivity contribution in [3.05, 3.63) is 78.1 Å². The zero-order valence-corrected chi connectivity index (χ0v) is 16.1. The zero-order valence-electron chi connectivity index (χ0n) is 16.1. The molecule has 0 saturated carbocycles. The van der Waals surface area contributed by atoms with Crippen LogP contribution in [0, 0.1) is 6.92 Å². The molecular weight excluding hydrogens is 352 g/mol. The van der Waals surface area contributed by atoms with E-state index in [1.54, 1.807) is 18.1 Å². The van der Waals surface area contributed by atoms with E-state index in [0.717, 1.165) is 22.5 Å². The number of amides is 2. The van der Waals surface area contributed by atoms with E-state index in [2.05, 4.69) is 15.3 Å². The van der Waals surface area contributed by atoms with Crippen molar-refractivity contribution in [1.82, 2.24) is 14.9 Å². The molecule has 0 aliphatic rings. The van der Waals surface area contributed by atoms with Gasteiger partial charge in [-0.1, -0.05) is 30.3 Å². The molecule has 0 aliphatic heterocycles. The molecular formula is C22H24N4O2. The molecule has 1 heterocycles. The van der Waals surface area contributed by atoms with E-state index in [1.807, 2.05) is 67.6 Å². The number of aryl methyl sites for hydroxylation is 1. The summed E-state index contributed by atoms with van der Waals surface area (Å²) in [5, 5.41) is 2.88. The number of ether oxygens (including phenoxy) is 1. The Morgan fingerprint density at radius 3 is 2.54 bits per heavy atom. The fourth-order valence-corrected chi connectivity index (χ4v) is 2.58. The summed E-state index contributed by atoms with van der Waals surface area (Å²) in [6, 6.07) is 19.1. The zero-order chi connectivity index (χ0) is 19.8. The van der Waals surface area contributed by atoms with E-state index in [9.17, 15) is 4.79 Å². The Kier molecular flexibility index (Phi) is 6.70. The van der Waals surface area contributed by atoms with Crippen molar-refractivity contribution in [2.45, 2.75) is 13.5 Å². The van der Waals surface area contributed by atoms with Gasteiger partial charge in [0.05, 0.1) is 13.2 Å². The Bertz CT molecular complexity index is 898. The number of carbonyl (C=O) groups is 1. The average molecular weight is 376 g/mol. The van der Waals surface area contributed by atoms with Gasteiger partial charge in [0.1, 0.15) is 0 Å². The number of likely N-dealkylation sites (N-methyl/N-ethyl adjacent to an activating group) is 1. The third kappa shape index (κ3) is 5.62. The maximum Gasteiger partial charge on any atom is 0.321 e. The van der Waals surface area contributed by atoms with Crippen molar-refractivity contribution in [2.24, 2.45) is 0 Å². The fraction of sp³-hybridized carbons (Fsp3) is 0.227. The molecule has 0 spiro atoms. The van der Waals surface area contributed by atoms with Crippen LogP contribution in [0.5, 0.6) is 0 Å². The second-order valence-electron chi connectivity index (χ2n) is 6.49. The number of aromatic nitrogens is 2. The minimum Gasteiger partial charge on any atom is -0.375 e. The van der Waals surface area contributed by atoms with Gasteiger partial charge in [0.15, 0.2) is 5.82 Å². The topological polar surface area (TPSA) is 67.4 Å². The first kappa shape index (κ1) is 19.5. The van der Waals surface area contributed by atoms with Crippen LogP contribution in [0.4, 0.5) is 10.5 Å². The van der Waals surface area contributed by atoms with E-state index >= 15 is 0 Å². The van der Waals surface area contributed by atoms with Gasteiger partial charge in [-0.3, -0.25) is 0 Å². The molecule has 2 amide bonds. The third-order valence-corrected chi connectivity index (χ3v) is 4.22. The highest BCUT2D eigenvalue weighted by atomic mass is 16.5. The molecule has 0 aliphatic carbocycles. The SMILES string of the molecule is Cc1ccnc(-c2ccc(NC(=O)N(C)CCOCc3ccccc3)cc2)n1. The summed E-state index contributed by atoms with van der Waals surface area (Å²) >= 11 is 0. The molecule has 1 N–H and O–H groups in total. The van der Waals surface area contributed by atoms with Gasteiger partial charge in [0.2, 0.25) is 0 Å². The highest BCUT2D eigenvalue weighted by Gasteiger charge is 2.09. The monoisotopic (exact) mass is 376 g/mol. The minimum absolute atomic E-state index is 0.178. The summed E-state index contributed by atoms with van der Waals surface area (Å²) in [5.74, 6) is 0.672. The normalized spacial score (nSPS) is 10.5. The predicted molar refractivity (Wildman–Crippen MR) is 110 cm³/mol. The van der Waals surface area contributed by atoms with Gasteiger partial charge in [-0.05, 0) is 42.8 Å². The predicted octanol–water partition coefficient (Wildman–Crippen LogP) is 4.13. The van der Waals surface area contributed by atoms with Crippen molar-refractivity contribution >= 4 is 11.7 Å². The van der Waals surface area contributed by atoms with E-state index in [-0.39, 0.29) is 6.03 Å². The molecule has 2 aromatic carbocycles. The van der Waals surface area contributed by atoms with E-state index < -0.39 is 0 Å². The quantitative estimate of drug-likeness (QED) is 0.630. The highest BCUT2D eigenvalue weighted by molar-refractivity contribution is 5.89. The van der Waals surface area contributed by atoms with E-state index in [0.29, 0.717) is 25.6 Å². The molecule has 0 atom stereocenters. The second-order valence-corrected chi connectivity index (χ2v) is 6.49. The largest absolute Gasteiger partial charge is 0.375 e. The van der Waals surface area contributed by atoms with Crippen LogP contribution >= 0.6 is 0 Å². The Morgan fingerprint density at radius 2 is 1.82 bits per heavy atom. The van der Waals surface area contributed by atoms with Crippen LogP contribution < -0.4 is 5.32 Å². The summed E-state index contributed by atoms with van der Waals surface area (Å²) in [7, 11) is 1.75. The average Bonchev–Trinajstić information content (AvgIpc) is 2.72. The highest BCUT2D eigenvalue weighted by Crippen LogP contribution is 2.18. The number of urea groups is 1. The standard InChI is InChI=1S/C22H24N4O2/c1-17-12-13-23-21(24-17)19-8-10-20(11-9-19)25-22(27)26(2)14-15-28-16-18-6-4-3-5-7-18/h3-13H,14-16H2,1-2H3,(H,25,27). The Labute approximate surface area is 165 Å². The van der Waals surface area contributed by atoms with Crippen LogP contribution in [0.2, 0.25) is 0 Å². The number of nitrogens with one attached hydrogen (secondary N) is 1. The number of hydrogen-bond donors (Lipinski definition) is 1. The van der Waals surface area contributed by atoms with E-state index in [4.69, 9.17) is 4.74 Å². The third-order valence-electron chi connectivity index (χ3n) is 4.22. The summed E-state index contributed by atoms with van der Waals surface area (Å²) < 4.78 is 5.63. The number of rotatable bonds is 7. The molecule has 1 aromatic heterocycles. The fourth-order valence-electron chi connectivity index (χ4n) is 2.58. The molecule has 0 fully saturated rings. The summed E-state index contributed by atoms with van der Waals surface area (Å²) in [4.78, 5) is 22.6. The van der Waals surface area contributed by atoms with Crippen LogP contribution in [0.1, 0.15) is 11.3 Å². The Balaban J connectivity index is 1.45. The van der Waals surface area contributed by atoms with Crippen LogP contribution in [-0.2, 0) is 11.3 Å². The van der Waals surface area contributed by atoms with Crippen molar-refractivity contribution in [1.29, 1.82) is 0 Å². The molecule has 0 unspecified atom stereocenters. The van der Waals surface area contributed by atoms with E-state index in [1.165, 1.54) is 0 Å². The van der Waals surface area contributed by atoms with Crippen LogP contribution in [0.3, 0.4) is 0 Å². The lowest BCUT2D eigenvalue weighted by atomic mass is 10.2. The van der Waals surface area contributed by atoms with Crippen molar-refractivity contribution in [2.75, 3.05) is 25.5 Å². The molecule has 3 aromatic rings. The number of anilines is 1. The summed E-state index contributed by atoms with van der Waals surface area (Å²) in [6.45, 7) is 3.45. The first-order valence-electron chi connectivity index (χ1n) is 9.16. The van der Waals surface area contributed by atoms with Gasteiger partial charge in [-0.2, -0.15) is 0 Å². The maximum absolute atomic E-state index is 12.3. The molecule has 6 heteroatoms. The Morgan fingerprint density at radius 1 is 1.07 bits per heavy atom. The lowest BCUT2D eigenvalue weighted by Gasteiger charge is -2.18. The van der Waals surface area contributed by atoms with Crippen molar-refractivity contribution in [3.63, 3.8) is 0 Å². The molecule has 0 bridgehead atoms. The van der Waals surface area contributed by atoms with Gasteiger partial charge >= 0.3 is 6.03 Å². The smallest absolute Gasteiger partial charge is 0.321 e. The lowest BCUT2D eigenvalue weighted by molar-refractivity contribution is 0.106. The Hall–Kier alpha value is -3.25. The first-order chi connectivity index (χ1) is 13.6. The van der Waals surface area contributed by atoms with Gasteiger partial charge < -0.3 is 15.0 Å². The number of carbonyl (C=O) groups excluding carboxylic acids is 1. The number of hydrogen-bond acceptors (Lipinski definition) is 4. The number of benzene rings is 2. The van der Waals surface area contributed by atoms with Crippen molar-refractivity contribution in [3.8, 4) is 11.4 Å². The van der Waals surface area contributed by atoms with Gasteiger partial charge in [0, 0.05) is 36.7 Å². The second kappa shape index (κ2) is 9.62. The molecule has 3 rings (SSSR count). The molecule has 6 nitrogen and oxygen atoms in total. The number of nitrogens with zero attached hydrogens (tertiary/aromatic N) is 3. The first-order valence-corrected chi connectivity index (χ1v) is 9.16. The van der Waals surface area contributed by atoms with Gasteiger partial charge in [0.25, 0.3) is 0 Å². The molecule has 144 valence electrons. The maximum atomic E-state index is 12.3. The van der Waals surface area contributed by atoms with Crippen molar-refractivity contribution < 1.29 is 9.53 Å². The van der Waals surface area contributed by atoms with Crippen LogP contribution in [-0.4, -0.2) is 41.1 Å². The van der Waals surface area contributed by atoms with Gasteiger partial charge in [-0.15, -0.1) is 0 Å². The van der Waals surface area contributed by atoms with Crippen LogP contribution in [0.15, 0.2) is 66.9 Å².